The third-order valence-corrected chi connectivity index (χ3v) is 6.97. The van der Waals surface area contributed by atoms with Crippen molar-refractivity contribution in [2.75, 3.05) is 0 Å². The minimum Gasteiger partial charge on any atom is -0.152 e. The summed E-state index contributed by atoms with van der Waals surface area (Å²) in [6, 6.07) is 24.6. The van der Waals surface area contributed by atoms with E-state index in [9.17, 15) is 0 Å². The van der Waals surface area contributed by atoms with Crippen LogP contribution in [0, 0.1) is 6.92 Å². The number of thioether (sulfide) groups is 2. The first-order chi connectivity index (χ1) is 12.3. The molecule has 2 bridgehead atoms. The van der Waals surface area contributed by atoms with Crippen molar-refractivity contribution in [2.45, 2.75) is 29.9 Å². The molecule has 0 N–H and O–H groups in total. The second kappa shape index (κ2) is 7.72. The number of hydrogen-bond acceptors (Lipinski definition) is 2. The van der Waals surface area contributed by atoms with Crippen molar-refractivity contribution < 1.29 is 0 Å². The predicted molar refractivity (Wildman–Crippen MR) is 113 cm³/mol. The SMILES string of the molecule is Cc1c2cccc1CSCc1ccccc1-c1ccccc1CSC2. The molecular weight excluding hydrogens is 340 g/mol. The van der Waals surface area contributed by atoms with Crippen LogP contribution >= 0.6 is 23.5 Å². The zero-order chi connectivity index (χ0) is 17.1. The molecule has 0 aromatic heterocycles. The lowest BCUT2D eigenvalue weighted by molar-refractivity contribution is 1.22. The molecular formula is C23H22S2. The number of fused-ring (bicyclic) bond motifs is 5. The van der Waals surface area contributed by atoms with Gasteiger partial charge in [0.1, 0.15) is 0 Å². The molecule has 4 rings (SSSR count). The second-order valence-electron chi connectivity index (χ2n) is 6.50. The van der Waals surface area contributed by atoms with Gasteiger partial charge >= 0.3 is 0 Å². The Morgan fingerprint density at radius 2 is 0.920 bits per heavy atom. The number of benzene rings is 3. The lowest BCUT2D eigenvalue weighted by Gasteiger charge is -2.13. The Labute approximate surface area is 159 Å². The van der Waals surface area contributed by atoms with Gasteiger partial charge < -0.3 is 0 Å². The minimum atomic E-state index is 1.06. The highest BCUT2D eigenvalue weighted by atomic mass is 32.2. The fraction of sp³-hybridized carbons (Fsp3) is 0.217. The lowest BCUT2D eigenvalue weighted by atomic mass is 9.97. The van der Waals surface area contributed by atoms with Crippen LogP contribution in [0.2, 0.25) is 0 Å². The summed E-state index contributed by atoms with van der Waals surface area (Å²) >= 11 is 4.04. The maximum atomic E-state index is 2.29. The van der Waals surface area contributed by atoms with Crippen molar-refractivity contribution in [3.8, 4) is 11.1 Å². The molecule has 0 saturated carbocycles. The molecule has 1 aliphatic rings. The van der Waals surface area contributed by atoms with Gasteiger partial charge in [-0.1, -0.05) is 66.7 Å². The van der Waals surface area contributed by atoms with E-state index in [0.717, 1.165) is 23.0 Å². The summed E-state index contributed by atoms with van der Waals surface area (Å²) in [4.78, 5) is 0. The van der Waals surface area contributed by atoms with Gasteiger partial charge in [0.15, 0.2) is 0 Å². The first-order valence-electron chi connectivity index (χ1n) is 8.72. The maximum Gasteiger partial charge on any atom is 0.0194 e. The molecule has 0 saturated heterocycles. The third-order valence-electron chi connectivity index (χ3n) is 4.91. The molecule has 0 atom stereocenters. The van der Waals surface area contributed by atoms with E-state index in [0.29, 0.717) is 0 Å². The van der Waals surface area contributed by atoms with Crippen molar-refractivity contribution in [3.05, 3.63) is 94.5 Å². The summed E-state index contributed by atoms with van der Waals surface area (Å²) in [7, 11) is 0. The summed E-state index contributed by atoms with van der Waals surface area (Å²) in [6.45, 7) is 2.29. The number of hydrogen-bond donors (Lipinski definition) is 0. The number of rotatable bonds is 0. The summed E-state index contributed by atoms with van der Waals surface area (Å²) in [5.74, 6) is 4.28. The topological polar surface area (TPSA) is 0 Å². The molecule has 1 aliphatic heterocycles. The lowest BCUT2D eigenvalue weighted by Crippen LogP contribution is -1.93. The van der Waals surface area contributed by atoms with Gasteiger partial charge in [-0.3, -0.25) is 0 Å². The highest BCUT2D eigenvalue weighted by molar-refractivity contribution is 7.98. The molecule has 126 valence electrons. The van der Waals surface area contributed by atoms with E-state index in [4.69, 9.17) is 0 Å². The van der Waals surface area contributed by atoms with Gasteiger partial charge in [0.2, 0.25) is 0 Å². The molecule has 0 radical (unpaired) electrons. The highest BCUT2D eigenvalue weighted by Gasteiger charge is 2.12. The average molecular weight is 363 g/mol. The monoisotopic (exact) mass is 362 g/mol. The van der Waals surface area contributed by atoms with Crippen molar-refractivity contribution >= 4 is 23.5 Å². The van der Waals surface area contributed by atoms with E-state index in [2.05, 4.69) is 73.7 Å². The van der Waals surface area contributed by atoms with E-state index < -0.39 is 0 Å². The Balaban J connectivity index is 1.77. The Morgan fingerprint density at radius 3 is 1.44 bits per heavy atom. The van der Waals surface area contributed by atoms with Gasteiger partial charge in [0.25, 0.3) is 0 Å². The highest BCUT2D eigenvalue weighted by Crippen LogP contribution is 2.34. The smallest absolute Gasteiger partial charge is 0.0194 e. The molecule has 0 spiro atoms. The van der Waals surface area contributed by atoms with Crippen molar-refractivity contribution in [2.24, 2.45) is 0 Å². The van der Waals surface area contributed by atoms with E-state index in [1.54, 1.807) is 0 Å². The molecule has 0 aliphatic carbocycles. The molecule has 1 heterocycles. The van der Waals surface area contributed by atoms with E-state index >= 15 is 0 Å². The summed E-state index contributed by atoms with van der Waals surface area (Å²) in [5, 5.41) is 0. The van der Waals surface area contributed by atoms with Crippen LogP contribution in [0.4, 0.5) is 0 Å². The van der Waals surface area contributed by atoms with E-state index in [-0.39, 0.29) is 0 Å². The Morgan fingerprint density at radius 1 is 0.520 bits per heavy atom. The van der Waals surface area contributed by atoms with E-state index in [1.165, 1.54) is 38.9 Å². The first kappa shape index (κ1) is 16.8. The minimum absolute atomic E-state index is 1.06. The van der Waals surface area contributed by atoms with Gasteiger partial charge in [0.05, 0.1) is 0 Å². The zero-order valence-electron chi connectivity index (χ0n) is 14.5. The largest absolute Gasteiger partial charge is 0.152 e. The van der Waals surface area contributed by atoms with Crippen molar-refractivity contribution in [3.63, 3.8) is 0 Å². The molecule has 3 aromatic carbocycles. The van der Waals surface area contributed by atoms with Crippen LogP contribution in [0.25, 0.3) is 11.1 Å². The van der Waals surface area contributed by atoms with Crippen LogP contribution < -0.4 is 0 Å². The first-order valence-corrected chi connectivity index (χ1v) is 11.0. The Hall–Kier alpha value is -1.64. The zero-order valence-corrected chi connectivity index (χ0v) is 16.1. The summed E-state index contributed by atoms with van der Waals surface area (Å²) < 4.78 is 0. The van der Waals surface area contributed by atoms with Gasteiger partial charge in [0, 0.05) is 23.0 Å². The fourth-order valence-corrected chi connectivity index (χ4v) is 5.62. The normalized spacial score (nSPS) is 14.4. The Bertz CT molecular complexity index is 813. The molecule has 25 heavy (non-hydrogen) atoms. The van der Waals surface area contributed by atoms with Gasteiger partial charge in [-0.2, -0.15) is 23.5 Å². The van der Waals surface area contributed by atoms with Gasteiger partial charge in [-0.15, -0.1) is 0 Å². The fourth-order valence-electron chi connectivity index (χ4n) is 3.41. The second-order valence-corrected chi connectivity index (χ2v) is 8.47. The molecule has 0 fully saturated rings. The van der Waals surface area contributed by atoms with E-state index in [1.807, 2.05) is 23.5 Å². The van der Waals surface area contributed by atoms with Crippen molar-refractivity contribution in [1.82, 2.24) is 0 Å². The van der Waals surface area contributed by atoms with Crippen LogP contribution in [0.3, 0.4) is 0 Å². The maximum absolute atomic E-state index is 2.29. The van der Waals surface area contributed by atoms with Crippen molar-refractivity contribution in [1.29, 1.82) is 0 Å². The third kappa shape index (κ3) is 3.65. The Kier molecular flexibility index (Phi) is 5.19. The molecule has 3 aromatic rings. The van der Waals surface area contributed by atoms with Crippen LogP contribution in [-0.2, 0) is 23.0 Å². The molecule has 2 heteroatoms. The standard InChI is InChI=1S/C23H22S2/c1-17-18-9-6-10-19(17)14-25-16-21-8-3-5-12-23(21)22-11-4-2-7-20(22)15-24-13-18/h2-12H,13-16H2,1H3. The average Bonchev–Trinajstić information content (AvgIpc) is 2.65. The van der Waals surface area contributed by atoms with Gasteiger partial charge in [-0.25, -0.2) is 0 Å². The predicted octanol–water partition coefficient (Wildman–Crippen LogP) is 6.84. The van der Waals surface area contributed by atoms with Crippen LogP contribution in [-0.4, -0.2) is 0 Å². The summed E-state index contributed by atoms with van der Waals surface area (Å²) in [5.41, 5.74) is 10.1. The summed E-state index contributed by atoms with van der Waals surface area (Å²) in [6.07, 6.45) is 0. The molecule has 0 amide bonds. The van der Waals surface area contributed by atoms with Crippen LogP contribution in [0.1, 0.15) is 27.8 Å². The van der Waals surface area contributed by atoms with Crippen LogP contribution in [0.15, 0.2) is 66.7 Å². The molecule has 0 nitrogen and oxygen atoms in total. The van der Waals surface area contributed by atoms with Crippen LogP contribution in [0.5, 0.6) is 0 Å². The molecule has 0 unspecified atom stereocenters. The quantitative estimate of drug-likeness (QED) is 0.429. The van der Waals surface area contributed by atoms with Gasteiger partial charge in [-0.05, 0) is 45.9 Å².